The molecule has 0 aliphatic carbocycles. The van der Waals surface area contributed by atoms with E-state index in [0.29, 0.717) is 17.7 Å². The van der Waals surface area contributed by atoms with Gasteiger partial charge < -0.3 is 5.32 Å². The smallest absolute Gasteiger partial charge is 0.147 e. The first-order chi connectivity index (χ1) is 6.37. The van der Waals surface area contributed by atoms with Gasteiger partial charge in [-0.1, -0.05) is 20.3 Å². The fraction of sp³-hybridized carbons (Fsp3) is 1.00. The minimum atomic E-state index is -2.77. The van der Waals surface area contributed by atoms with Crippen LogP contribution in [0.15, 0.2) is 0 Å². The monoisotopic (exact) mass is 221 g/mol. The zero-order chi connectivity index (χ0) is 11.2. The van der Waals surface area contributed by atoms with Crippen LogP contribution < -0.4 is 5.32 Å². The van der Waals surface area contributed by atoms with Crippen LogP contribution in [0, 0.1) is 5.92 Å². The van der Waals surface area contributed by atoms with Crippen LogP contribution in [0.4, 0.5) is 0 Å². The van der Waals surface area contributed by atoms with Crippen LogP contribution in [0.1, 0.15) is 33.1 Å². The molecule has 0 radical (unpaired) electrons. The van der Waals surface area contributed by atoms with Crippen LogP contribution in [0.5, 0.6) is 0 Å². The van der Waals surface area contributed by atoms with Gasteiger partial charge in [0.25, 0.3) is 0 Å². The lowest BCUT2D eigenvalue weighted by molar-refractivity contribution is 0.392. The Balaban J connectivity index is 3.63. The summed E-state index contributed by atoms with van der Waals surface area (Å²) in [5, 5.41) is 3.25. The molecule has 0 amide bonds. The summed E-state index contributed by atoms with van der Waals surface area (Å²) >= 11 is 0. The van der Waals surface area contributed by atoms with Crippen LogP contribution in [0.2, 0.25) is 0 Å². The summed E-state index contributed by atoms with van der Waals surface area (Å²) in [5.41, 5.74) is 0. The molecule has 1 N–H and O–H groups in total. The number of nitrogens with one attached hydrogen (secondary N) is 1. The molecule has 0 bridgehead atoms. The lowest BCUT2D eigenvalue weighted by Gasteiger charge is -2.19. The second kappa shape index (κ2) is 6.40. The summed E-state index contributed by atoms with van der Waals surface area (Å²) in [6.07, 6.45) is 4.12. The quantitative estimate of drug-likeness (QED) is 0.662. The summed E-state index contributed by atoms with van der Waals surface area (Å²) in [5.74, 6) is 0.930. The molecule has 0 aliphatic heterocycles. The van der Waals surface area contributed by atoms with E-state index in [2.05, 4.69) is 19.2 Å². The highest BCUT2D eigenvalue weighted by Gasteiger charge is 2.10. The summed E-state index contributed by atoms with van der Waals surface area (Å²) in [4.78, 5) is 0. The fourth-order valence-corrected chi connectivity index (χ4v) is 2.27. The third kappa shape index (κ3) is 7.33. The molecule has 86 valence electrons. The zero-order valence-corrected chi connectivity index (χ0v) is 10.5. The molecule has 0 saturated carbocycles. The molecule has 0 saturated heterocycles. The van der Waals surface area contributed by atoms with E-state index >= 15 is 0 Å². The summed E-state index contributed by atoms with van der Waals surface area (Å²) < 4.78 is 21.7. The first-order valence-electron chi connectivity index (χ1n) is 5.22. The van der Waals surface area contributed by atoms with Crippen LogP contribution in [0.25, 0.3) is 0 Å². The van der Waals surface area contributed by atoms with Crippen LogP contribution in [-0.2, 0) is 9.84 Å². The van der Waals surface area contributed by atoms with E-state index in [9.17, 15) is 8.42 Å². The van der Waals surface area contributed by atoms with Crippen molar-refractivity contribution in [2.75, 3.05) is 19.1 Å². The second-order valence-electron chi connectivity index (χ2n) is 4.26. The Kier molecular flexibility index (Phi) is 6.36. The van der Waals surface area contributed by atoms with Gasteiger partial charge in [0.05, 0.1) is 0 Å². The van der Waals surface area contributed by atoms with Gasteiger partial charge in [0.1, 0.15) is 9.84 Å². The Morgan fingerprint density at radius 1 is 1.21 bits per heavy atom. The van der Waals surface area contributed by atoms with E-state index < -0.39 is 9.84 Å². The molecule has 1 unspecified atom stereocenters. The molecule has 0 aromatic rings. The number of rotatable bonds is 7. The van der Waals surface area contributed by atoms with Gasteiger partial charge in [0.15, 0.2) is 0 Å². The Bertz CT molecular complexity index is 235. The van der Waals surface area contributed by atoms with Crippen molar-refractivity contribution in [1.29, 1.82) is 0 Å². The highest BCUT2D eigenvalue weighted by atomic mass is 32.2. The number of sulfone groups is 1. The number of unbranched alkanes of at least 4 members (excludes halogenated alkanes) is 1. The van der Waals surface area contributed by atoms with E-state index in [1.807, 2.05) is 7.05 Å². The number of hydrogen-bond acceptors (Lipinski definition) is 3. The van der Waals surface area contributed by atoms with Crippen LogP contribution in [-0.4, -0.2) is 33.5 Å². The van der Waals surface area contributed by atoms with Gasteiger partial charge in [-0.25, -0.2) is 8.42 Å². The van der Waals surface area contributed by atoms with Crippen molar-refractivity contribution in [3.63, 3.8) is 0 Å². The lowest BCUT2D eigenvalue weighted by atomic mass is 9.99. The summed E-state index contributed by atoms with van der Waals surface area (Å²) in [6.45, 7) is 4.36. The molecule has 0 aromatic heterocycles. The predicted molar refractivity (Wildman–Crippen MR) is 61.2 cm³/mol. The van der Waals surface area contributed by atoms with Gasteiger partial charge in [0.2, 0.25) is 0 Å². The molecular formula is C10H23NO2S. The van der Waals surface area contributed by atoms with Crippen molar-refractivity contribution in [3.8, 4) is 0 Å². The van der Waals surface area contributed by atoms with Gasteiger partial charge in [-0.15, -0.1) is 0 Å². The van der Waals surface area contributed by atoms with Gasteiger partial charge in [0, 0.05) is 18.1 Å². The Hall–Kier alpha value is -0.0900. The predicted octanol–water partition coefficient (Wildman–Crippen LogP) is 1.45. The molecule has 0 fully saturated rings. The number of hydrogen-bond donors (Lipinski definition) is 1. The summed E-state index contributed by atoms with van der Waals surface area (Å²) in [6, 6.07) is 0.509. The molecule has 0 aromatic carbocycles. The van der Waals surface area contributed by atoms with Gasteiger partial charge in [-0.3, -0.25) is 0 Å². The molecule has 4 heteroatoms. The zero-order valence-electron chi connectivity index (χ0n) is 9.71. The minimum Gasteiger partial charge on any atom is -0.317 e. The molecule has 1 atom stereocenters. The van der Waals surface area contributed by atoms with E-state index in [1.165, 1.54) is 6.26 Å². The molecular weight excluding hydrogens is 198 g/mol. The van der Waals surface area contributed by atoms with Crippen LogP contribution >= 0.6 is 0 Å². The van der Waals surface area contributed by atoms with E-state index in [-0.39, 0.29) is 0 Å². The Morgan fingerprint density at radius 2 is 1.79 bits per heavy atom. The molecule has 14 heavy (non-hydrogen) atoms. The minimum absolute atomic E-state index is 0.321. The van der Waals surface area contributed by atoms with Crippen molar-refractivity contribution in [1.82, 2.24) is 5.32 Å². The largest absolute Gasteiger partial charge is 0.317 e. The molecule has 0 spiro atoms. The first-order valence-corrected chi connectivity index (χ1v) is 7.28. The maximum absolute atomic E-state index is 10.9. The third-order valence-electron chi connectivity index (χ3n) is 2.46. The van der Waals surface area contributed by atoms with Crippen molar-refractivity contribution in [3.05, 3.63) is 0 Å². The molecule has 3 nitrogen and oxygen atoms in total. The lowest BCUT2D eigenvalue weighted by Crippen LogP contribution is -2.30. The maximum atomic E-state index is 10.9. The van der Waals surface area contributed by atoms with Gasteiger partial charge >= 0.3 is 0 Å². The van der Waals surface area contributed by atoms with Crippen molar-refractivity contribution in [2.24, 2.45) is 5.92 Å². The molecule has 0 aliphatic rings. The SMILES string of the molecule is CNC(CCCCS(C)(=O)=O)C(C)C. The second-order valence-corrected chi connectivity index (χ2v) is 6.52. The van der Waals surface area contributed by atoms with Gasteiger partial charge in [-0.2, -0.15) is 0 Å². The van der Waals surface area contributed by atoms with Crippen molar-refractivity contribution in [2.45, 2.75) is 39.2 Å². The van der Waals surface area contributed by atoms with E-state index in [4.69, 9.17) is 0 Å². The maximum Gasteiger partial charge on any atom is 0.147 e. The van der Waals surface area contributed by atoms with Crippen molar-refractivity contribution < 1.29 is 8.42 Å². The highest BCUT2D eigenvalue weighted by molar-refractivity contribution is 7.90. The Labute approximate surface area is 88.2 Å². The average molecular weight is 221 g/mol. The van der Waals surface area contributed by atoms with E-state index in [1.54, 1.807) is 0 Å². The fourth-order valence-electron chi connectivity index (χ4n) is 1.54. The van der Waals surface area contributed by atoms with Crippen molar-refractivity contribution >= 4 is 9.84 Å². The van der Waals surface area contributed by atoms with Crippen LogP contribution in [0.3, 0.4) is 0 Å². The summed E-state index contributed by atoms with van der Waals surface area (Å²) in [7, 11) is -0.810. The molecule has 0 heterocycles. The van der Waals surface area contributed by atoms with E-state index in [0.717, 1.165) is 19.3 Å². The standard InChI is InChI=1S/C10H23NO2S/c1-9(2)10(11-3)7-5-6-8-14(4,12)13/h9-11H,5-8H2,1-4H3. The molecule has 0 rings (SSSR count). The topological polar surface area (TPSA) is 46.2 Å². The third-order valence-corrected chi connectivity index (χ3v) is 3.49. The average Bonchev–Trinajstić information content (AvgIpc) is 2.01. The van der Waals surface area contributed by atoms with Gasteiger partial charge in [-0.05, 0) is 25.8 Å². The first kappa shape index (κ1) is 13.9. The highest BCUT2D eigenvalue weighted by Crippen LogP contribution is 2.10. The Morgan fingerprint density at radius 3 is 2.14 bits per heavy atom. The normalized spacial score (nSPS) is 14.6.